The van der Waals surface area contributed by atoms with Crippen LogP contribution in [0.3, 0.4) is 0 Å². The summed E-state index contributed by atoms with van der Waals surface area (Å²) in [6, 6.07) is 10.0. The summed E-state index contributed by atoms with van der Waals surface area (Å²) in [7, 11) is 3.28. The van der Waals surface area contributed by atoms with Gasteiger partial charge in [0.15, 0.2) is 5.96 Å². The van der Waals surface area contributed by atoms with Crippen LogP contribution in [0.15, 0.2) is 47.6 Å². The molecule has 0 aliphatic rings. The molecular formula is C21H26FIN4O2. The number of nitrogens with zero attached hydrogens (tertiary/aromatic N) is 1. The van der Waals surface area contributed by atoms with Gasteiger partial charge in [0.1, 0.15) is 17.3 Å². The topological polar surface area (TPSA) is 81.7 Å². The van der Waals surface area contributed by atoms with Crippen LogP contribution in [0.5, 0.6) is 11.5 Å². The van der Waals surface area contributed by atoms with Gasteiger partial charge in [0, 0.05) is 43.3 Å². The van der Waals surface area contributed by atoms with Crippen LogP contribution in [0.2, 0.25) is 0 Å². The van der Waals surface area contributed by atoms with Crippen molar-refractivity contribution < 1.29 is 14.2 Å². The van der Waals surface area contributed by atoms with E-state index in [0.29, 0.717) is 31.2 Å². The van der Waals surface area contributed by atoms with Crippen LogP contribution in [0, 0.1) is 5.82 Å². The lowest BCUT2D eigenvalue weighted by atomic mass is 10.1. The van der Waals surface area contributed by atoms with Gasteiger partial charge in [0.05, 0.1) is 7.11 Å². The Bertz CT molecular complexity index is 974. The Morgan fingerprint density at radius 1 is 1.10 bits per heavy atom. The van der Waals surface area contributed by atoms with Crippen molar-refractivity contribution in [2.45, 2.75) is 12.8 Å². The fourth-order valence-electron chi connectivity index (χ4n) is 3.09. The van der Waals surface area contributed by atoms with Crippen molar-refractivity contribution in [2.24, 2.45) is 4.99 Å². The molecule has 1 aromatic heterocycles. The molecule has 8 heteroatoms. The second-order valence-corrected chi connectivity index (χ2v) is 6.42. The number of phenolic OH excluding ortho intramolecular Hbond substituents is 1. The number of phenols is 1. The average molecular weight is 512 g/mol. The second kappa shape index (κ2) is 10.9. The lowest BCUT2D eigenvalue weighted by Gasteiger charge is -2.12. The van der Waals surface area contributed by atoms with Gasteiger partial charge in [-0.05, 0) is 48.2 Å². The molecule has 0 spiro atoms. The zero-order valence-electron chi connectivity index (χ0n) is 16.5. The van der Waals surface area contributed by atoms with E-state index in [9.17, 15) is 9.50 Å². The van der Waals surface area contributed by atoms with Gasteiger partial charge in [-0.25, -0.2) is 4.39 Å². The molecule has 4 N–H and O–H groups in total. The maximum atomic E-state index is 13.5. The molecule has 3 aromatic rings. The molecule has 3 rings (SSSR count). The minimum Gasteiger partial charge on any atom is -0.508 e. The maximum Gasteiger partial charge on any atom is 0.190 e. The molecule has 0 unspecified atom stereocenters. The van der Waals surface area contributed by atoms with Crippen LogP contribution in [0.25, 0.3) is 10.9 Å². The van der Waals surface area contributed by atoms with Crippen molar-refractivity contribution in [3.63, 3.8) is 0 Å². The quantitative estimate of drug-likeness (QED) is 0.222. The summed E-state index contributed by atoms with van der Waals surface area (Å²) in [6.07, 6.45) is 3.30. The van der Waals surface area contributed by atoms with E-state index in [1.165, 1.54) is 6.07 Å². The monoisotopic (exact) mass is 512 g/mol. The van der Waals surface area contributed by atoms with Crippen molar-refractivity contribution in [3.05, 3.63) is 59.5 Å². The summed E-state index contributed by atoms with van der Waals surface area (Å²) in [5.41, 5.74) is 2.82. The van der Waals surface area contributed by atoms with Gasteiger partial charge in [0.2, 0.25) is 0 Å². The molecule has 29 heavy (non-hydrogen) atoms. The average Bonchev–Trinajstić information content (AvgIpc) is 3.09. The predicted molar refractivity (Wildman–Crippen MR) is 125 cm³/mol. The summed E-state index contributed by atoms with van der Waals surface area (Å²) in [5, 5.41) is 17.4. The number of benzene rings is 2. The van der Waals surface area contributed by atoms with E-state index in [4.69, 9.17) is 4.74 Å². The molecule has 0 aliphatic heterocycles. The maximum absolute atomic E-state index is 13.5. The number of halogens is 2. The Kier molecular flexibility index (Phi) is 8.56. The van der Waals surface area contributed by atoms with Gasteiger partial charge >= 0.3 is 0 Å². The number of hydrogen-bond donors (Lipinski definition) is 4. The van der Waals surface area contributed by atoms with Crippen molar-refractivity contribution in [2.75, 3.05) is 27.2 Å². The van der Waals surface area contributed by atoms with Gasteiger partial charge in [-0.15, -0.1) is 24.0 Å². The van der Waals surface area contributed by atoms with Crippen LogP contribution >= 0.6 is 24.0 Å². The molecule has 0 atom stereocenters. The molecule has 6 nitrogen and oxygen atoms in total. The van der Waals surface area contributed by atoms with Crippen LogP contribution in [-0.2, 0) is 12.8 Å². The fraction of sp³-hybridized carbons (Fsp3) is 0.286. The van der Waals surface area contributed by atoms with Crippen molar-refractivity contribution >= 4 is 40.8 Å². The third-order valence-corrected chi connectivity index (χ3v) is 4.62. The van der Waals surface area contributed by atoms with Crippen molar-refractivity contribution in [1.29, 1.82) is 0 Å². The molecule has 0 fully saturated rings. The lowest BCUT2D eigenvalue weighted by molar-refractivity contribution is 0.406. The van der Waals surface area contributed by atoms with E-state index >= 15 is 0 Å². The highest BCUT2D eigenvalue weighted by Crippen LogP contribution is 2.23. The first-order chi connectivity index (χ1) is 13.6. The number of rotatable bonds is 7. The minimum atomic E-state index is -0.236. The van der Waals surface area contributed by atoms with E-state index < -0.39 is 0 Å². The number of aromatic hydroxyl groups is 1. The standard InChI is InChI=1S/C21H25FN4O2.HI/c1-23-21(24-9-7-14-3-5-17(28-2)12-20(14)27)25-10-8-15-13-26-19-6-4-16(22)11-18(15)19;/h3-6,11-13,26-27H,7-10H2,1-2H3,(H2,23,24,25);1H. The second-order valence-electron chi connectivity index (χ2n) is 6.42. The fourth-order valence-corrected chi connectivity index (χ4v) is 3.09. The zero-order valence-corrected chi connectivity index (χ0v) is 18.8. The first kappa shape index (κ1) is 22.8. The molecule has 0 aliphatic carbocycles. The Morgan fingerprint density at radius 2 is 1.83 bits per heavy atom. The Hall–Kier alpha value is -2.49. The van der Waals surface area contributed by atoms with Crippen molar-refractivity contribution in [3.8, 4) is 11.5 Å². The first-order valence-corrected chi connectivity index (χ1v) is 9.16. The van der Waals surface area contributed by atoms with Gasteiger partial charge in [-0.2, -0.15) is 0 Å². The van der Waals surface area contributed by atoms with Crippen LogP contribution in [0.1, 0.15) is 11.1 Å². The van der Waals surface area contributed by atoms with Crippen LogP contribution in [0.4, 0.5) is 4.39 Å². The number of fused-ring (bicyclic) bond motifs is 1. The molecular weight excluding hydrogens is 486 g/mol. The Labute approximate surface area is 186 Å². The number of aromatic nitrogens is 1. The number of aromatic amines is 1. The normalized spacial score (nSPS) is 11.2. The summed E-state index contributed by atoms with van der Waals surface area (Å²) in [6.45, 7) is 1.29. The highest BCUT2D eigenvalue weighted by molar-refractivity contribution is 14.0. The van der Waals surface area contributed by atoms with E-state index in [1.807, 2.05) is 18.3 Å². The number of hydrogen-bond acceptors (Lipinski definition) is 3. The summed E-state index contributed by atoms with van der Waals surface area (Å²) < 4.78 is 18.6. The molecule has 2 aromatic carbocycles. The van der Waals surface area contributed by atoms with Crippen molar-refractivity contribution in [1.82, 2.24) is 15.6 Å². The molecule has 0 saturated carbocycles. The molecule has 1 heterocycles. The van der Waals surface area contributed by atoms with Gasteiger partial charge in [-0.1, -0.05) is 6.07 Å². The molecule has 0 radical (unpaired) electrons. The third-order valence-electron chi connectivity index (χ3n) is 4.62. The summed E-state index contributed by atoms with van der Waals surface area (Å²) >= 11 is 0. The molecule has 156 valence electrons. The zero-order chi connectivity index (χ0) is 19.9. The number of nitrogens with one attached hydrogen (secondary N) is 3. The predicted octanol–water partition coefficient (Wildman–Crippen LogP) is 3.59. The molecule has 0 amide bonds. The Morgan fingerprint density at radius 3 is 2.48 bits per heavy atom. The molecule has 0 bridgehead atoms. The first-order valence-electron chi connectivity index (χ1n) is 9.16. The lowest BCUT2D eigenvalue weighted by Crippen LogP contribution is -2.39. The largest absolute Gasteiger partial charge is 0.508 e. The summed E-state index contributed by atoms with van der Waals surface area (Å²) in [4.78, 5) is 7.37. The van der Waals surface area contributed by atoms with Crippen LogP contribution < -0.4 is 15.4 Å². The van der Waals surface area contributed by atoms with Gasteiger partial charge < -0.3 is 25.5 Å². The number of guanidine groups is 1. The number of aliphatic imine (C=N–C) groups is 1. The third kappa shape index (κ3) is 5.99. The van der Waals surface area contributed by atoms with E-state index in [2.05, 4.69) is 20.6 Å². The minimum absolute atomic E-state index is 0. The van der Waals surface area contributed by atoms with E-state index in [-0.39, 0.29) is 35.5 Å². The van der Waals surface area contributed by atoms with E-state index in [1.54, 1.807) is 32.4 Å². The van der Waals surface area contributed by atoms with Gasteiger partial charge in [-0.3, -0.25) is 4.99 Å². The van der Waals surface area contributed by atoms with Crippen LogP contribution in [-0.4, -0.2) is 43.3 Å². The highest BCUT2D eigenvalue weighted by atomic mass is 127. The highest BCUT2D eigenvalue weighted by Gasteiger charge is 2.06. The number of ether oxygens (including phenoxy) is 1. The smallest absolute Gasteiger partial charge is 0.190 e. The Balaban J connectivity index is 0.00000300. The number of H-pyrrole nitrogens is 1. The van der Waals surface area contributed by atoms with Gasteiger partial charge in [0.25, 0.3) is 0 Å². The SMILES string of the molecule is CN=C(NCCc1ccc(OC)cc1O)NCCc1c[nH]c2ccc(F)cc12.I. The van der Waals surface area contributed by atoms with E-state index in [0.717, 1.165) is 28.5 Å². The number of methoxy groups -OCH3 is 1. The molecule has 0 saturated heterocycles. The summed E-state index contributed by atoms with van der Waals surface area (Å²) in [5.74, 6) is 1.29.